The summed E-state index contributed by atoms with van der Waals surface area (Å²) in [7, 11) is 0. The molecule has 144 valence electrons. The number of aryl methyl sites for hydroxylation is 1. The van der Waals surface area contributed by atoms with Gasteiger partial charge in [0.1, 0.15) is 6.10 Å². The minimum atomic E-state index is -0.304. The fourth-order valence-electron chi connectivity index (χ4n) is 3.88. The number of hydrogen-bond donors (Lipinski definition) is 0. The molecule has 0 aliphatic carbocycles. The van der Waals surface area contributed by atoms with Gasteiger partial charge in [0, 0.05) is 10.9 Å². The topological polar surface area (TPSA) is 26.3 Å². The Hall–Kier alpha value is -1.64. The van der Waals surface area contributed by atoms with Crippen molar-refractivity contribution in [2.24, 2.45) is 11.8 Å². The predicted octanol–water partition coefficient (Wildman–Crippen LogP) is 6.18. The second kappa shape index (κ2) is 8.58. The van der Waals surface area contributed by atoms with Crippen LogP contribution in [-0.2, 0) is 22.4 Å². The lowest BCUT2D eigenvalue weighted by Gasteiger charge is -2.38. The molecule has 3 rings (SSSR count). The molecule has 1 fully saturated rings. The Morgan fingerprint density at radius 2 is 1.67 bits per heavy atom. The summed E-state index contributed by atoms with van der Waals surface area (Å²) in [5.41, 5.74) is 4.81. The van der Waals surface area contributed by atoms with Crippen LogP contribution in [-0.4, -0.2) is 11.9 Å². The Labute approximate surface area is 167 Å². The zero-order chi connectivity index (χ0) is 19.6. The van der Waals surface area contributed by atoms with Crippen LogP contribution in [0.5, 0.6) is 0 Å². The molecular formula is C24H29ClO2. The van der Waals surface area contributed by atoms with E-state index in [0.29, 0.717) is 0 Å². The van der Waals surface area contributed by atoms with Gasteiger partial charge in [-0.05, 0) is 53.5 Å². The monoisotopic (exact) mass is 384 g/mol. The number of Topliss-reactive ketones (excluding diaryl/α,β-unsaturated/α-hetero) is 1. The molecule has 4 atom stereocenters. The first-order valence-electron chi connectivity index (χ1n) is 9.99. The van der Waals surface area contributed by atoms with Crippen LogP contribution in [0.1, 0.15) is 62.5 Å². The summed E-state index contributed by atoms with van der Waals surface area (Å²) in [6.07, 6.45) is 2.19. The first-order chi connectivity index (χ1) is 12.9. The van der Waals surface area contributed by atoms with E-state index in [-0.39, 0.29) is 29.8 Å². The Bertz CT molecular complexity index is 793. The molecule has 4 unspecified atom stereocenters. The fraction of sp³-hybridized carbons (Fsp3) is 0.458. The number of halogens is 1. The van der Waals surface area contributed by atoms with Gasteiger partial charge in [-0.15, -0.1) is 0 Å². The molecule has 2 nitrogen and oxygen atoms in total. The van der Waals surface area contributed by atoms with Crippen LogP contribution in [0.4, 0.5) is 0 Å². The van der Waals surface area contributed by atoms with E-state index < -0.39 is 0 Å². The lowest BCUT2D eigenvalue weighted by atomic mass is 9.79. The van der Waals surface area contributed by atoms with Crippen molar-refractivity contribution in [1.82, 2.24) is 0 Å². The Balaban J connectivity index is 1.86. The largest absolute Gasteiger partial charge is 0.362 e. The molecule has 3 heteroatoms. The number of carbonyl (C=O) groups excluding carboxylic acids is 1. The molecule has 0 N–H and O–H groups in total. The summed E-state index contributed by atoms with van der Waals surface area (Å²) in [5, 5.41) is 0.776. The van der Waals surface area contributed by atoms with E-state index in [4.69, 9.17) is 16.3 Å². The van der Waals surface area contributed by atoms with Crippen molar-refractivity contribution >= 4 is 17.4 Å². The van der Waals surface area contributed by atoms with Crippen LogP contribution in [0.15, 0.2) is 42.5 Å². The first kappa shape index (κ1) is 20.1. The predicted molar refractivity (Wildman–Crippen MR) is 111 cm³/mol. The van der Waals surface area contributed by atoms with E-state index >= 15 is 0 Å². The normalized spacial score (nSPS) is 25.6. The summed E-state index contributed by atoms with van der Waals surface area (Å²) >= 11 is 6.49. The van der Waals surface area contributed by atoms with Crippen LogP contribution in [0.2, 0.25) is 5.02 Å². The molecule has 27 heavy (non-hydrogen) atoms. The summed E-state index contributed by atoms with van der Waals surface area (Å²) in [6.45, 7) is 8.31. The molecule has 1 heterocycles. The second-order valence-corrected chi connectivity index (χ2v) is 8.11. The van der Waals surface area contributed by atoms with Crippen molar-refractivity contribution < 1.29 is 9.53 Å². The van der Waals surface area contributed by atoms with Crippen molar-refractivity contribution in [3.8, 4) is 0 Å². The van der Waals surface area contributed by atoms with E-state index in [1.54, 1.807) is 0 Å². The van der Waals surface area contributed by atoms with Gasteiger partial charge < -0.3 is 4.74 Å². The highest BCUT2D eigenvalue weighted by molar-refractivity contribution is 6.31. The van der Waals surface area contributed by atoms with Gasteiger partial charge in [-0.3, -0.25) is 4.79 Å². The third-order valence-corrected chi connectivity index (χ3v) is 6.31. The highest BCUT2D eigenvalue weighted by Gasteiger charge is 2.40. The quantitative estimate of drug-likeness (QED) is 0.614. The maximum Gasteiger partial charge on any atom is 0.164 e. The summed E-state index contributed by atoms with van der Waals surface area (Å²) in [5.74, 6) is 0.388. The van der Waals surface area contributed by atoms with Crippen molar-refractivity contribution in [3.63, 3.8) is 0 Å². The highest BCUT2D eigenvalue weighted by atomic mass is 35.5. The summed E-state index contributed by atoms with van der Waals surface area (Å²) < 4.78 is 6.20. The molecule has 2 aromatic rings. The third-order valence-electron chi connectivity index (χ3n) is 5.94. The number of ketones is 1. The maximum absolute atomic E-state index is 12.4. The SMILES string of the molecule is CCc1ccc(Cc2cc(C3OC(CC)C(=O)C(C)C3C)ccc2Cl)cc1. The van der Waals surface area contributed by atoms with Crippen molar-refractivity contribution in [3.05, 3.63) is 69.7 Å². The molecule has 0 radical (unpaired) electrons. The van der Waals surface area contributed by atoms with Gasteiger partial charge in [0.25, 0.3) is 0 Å². The average molecular weight is 385 g/mol. The number of rotatable bonds is 5. The molecular weight excluding hydrogens is 356 g/mol. The lowest BCUT2D eigenvalue weighted by Crippen LogP contribution is -2.42. The molecule has 0 bridgehead atoms. The van der Waals surface area contributed by atoms with E-state index in [1.165, 1.54) is 11.1 Å². The minimum absolute atomic E-state index is 0.00872. The molecule has 0 amide bonds. The number of ether oxygens (including phenoxy) is 1. The van der Waals surface area contributed by atoms with Gasteiger partial charge in [-0.2, -0.15) is 0 Å². The van der Waals surface area contributed by atoms with Gasteiger partial charge >= 0.3 is 0 Å². The molecule has 1 aliphatic rings. The molecule has 2 aromatic carbocycles. The fourth-order valence-corrected chi connectivity index (χ4v) is 4.07. The van der Waals surface area contributed by atoms with Crippen LogP contribution in [0.3, 0.4) is 0 Å². The number of hydrogen-bond acceptors (Lipinski definition) is 2. The van der Waals surface area contributed by atoms with Crippen molar-refractivity contribution in [1.29, 1.82) is 0 Å². The van der Waals surface area contributed by atoms with Gasteiger partial charge in [-0.25, -0.2) is 0 Å². The van der Waals surface area contributed by atoms with Crippen LogP contribution < -0.4 is 0 Å². The average Bonchev–Trinajstić information content (AvgIpc) is 2.69. The first-order valence-corrected chi connectivity index (χ1v) is 10.4. The van der Waals surface area contributed by atoms with Crippen molar-refractivity contribution in [2.75, 3.05) is 0 Å². The molecule has 1 saturated heterocycles. The van der Waals surface area contributed by atoms with E-state index in [0.717, 1.165) is 35.4 Å². The van der Waals surface area contributed by atoms with Gasteiger partial charge in [0.15, 0.2) is 5.78 Å². The lowest BCUT2D eigenvalue weighted by molar-refractivity contribution is -0.158. The standard InChI is InChI=1S/C24H29ClO2/c1-5-17-7-9-18(10-8-17)13-20-14-19(11-12-21(20)25)24-16(4)15(3)23(26)22(6-2)27-24/h7-12,14-16,22,24H,5-6,13H2,1-4H3. The number of carbonyl (C=O) groups is 1. The Kier molecular flexibility index (Phi) is 6.39. The van der Waals surface area contributed by atoms with E-state index in [9.17, 15) is 4.79 Å². The number of benzene rings is 2. The van der Waals surface area contributed by atoms with E-state index in [1.807, 2.05) is 26.0 Å². The maximum atomic E-state index is 12.4. The van der Waals surface area contributed by atoms with Crippen LogP contribution >= 0.6 is 11.6 Å². The highest BCUT2D eigenvalue weighted by Crippen LogP contribution is 2.39. The van der Waals surface area contributed by atoms with Gasteiger partial charge in [0.05, 0.1) is 6.10 Å². The smallest absolute Gasteiger partial charge is 0.164 e. The van der Waals surface area contributed by atoms with E-state index in [2.05, 4.69) is 44.2 Å². The molecule has 0 saturated carbocycles. The van der Waals surface area contributed by atoms with Crippen LogP contribution in [0, 0.1) is 11.8 Å². The van der Waals surface area contributed by atoms with Gasteiger partial charge in [-0.1, -0.05) is 75.7 Å². The van der Waals surface area contributed by atoms with Crippen molar-refractivity contribution in [2.45, 2.75) is 59.2 Å². The minimum Gasteiger partial charge on any atom is -0.362 e. The molecule has 0 spiro atoms. The molecule has 1 aliphatic heterocycles. The second-order valence-electron chi connectivity index (χ2n) is 7.70. The summed E-state index contributed by atoms with van der Waals surface area (Å²) in [6, 6.07) is 14.9. The van der Waals surface area contributed by atoms with Crippen LogP contribution in [0.25, 0.3) is 0 Å². The Morgan fingerprint density at radius 1 is 1.00 bits per heavy atom. The zero-order valence-corrected chi connectivity index (χ0v) is 17.4. The summed E-state index contributed by atoms with van der Waals surface area (Å²) in [4.78, 5) is 12.4. The molecule has 0 aromatic heterocycles. The zero-order valence-electron chi connectivity index (χ0n) is 16.7. The van der Waals surface area contributed by atoms with Gasteiger partial charge in [0.2, 0.25) is 0 Å². The Morgan fingerprint density at radius 3 is 2.30 bits per heavy atom. The third kappa shape index (κ3) is 4.28.